The normalized spacial score (nSPS) is 12.2. The Kier molecular flexibility index (Phi) is 3.40. The van der Waals surface area contributed by atoms with Crippen LogP contribution < -0.4 is 4.74 Å². The standard InChI is InChI=1S/C14H13FO2/c1-10(16)11-6-8-12(9-7-11)17-14-5-3-2-4-13(14)15/h2-10,16H,1H3. The van der Waals surface area contributed by atoms with Crippen LogP contribution in [-0.2, 0) is 0 Å². The highest BCUT2D eigenvalue weighted by Gasteiger charge is 2.04. The molecule has 0 aromatic heterocycles. The Hall–Kier alpha value is -1.87. The fourth-order valence-electron chi connectivity index (χ4n) is 1.47. The number of para-hydroxylation sites is 1. The molecule has 1 atom stereocenters. The summed E-state index contributed by atoms with van der Waals surface area (Å²) >= 11 is 0. The maximum Gasteiger partial charge on any atom is 0.165 e. The maximum absolute atomic E-state index is 13.3. The lowest BCUT2D eigenvalue weighted by Crippen LogP contribution is -1.91. The summed E-state index contributed by atoms with van der Waals surface area (Å²) < 4.78 is 18.7. The van der Waals surface area contributed by atoms with Crippen molar-refractivity contribution >= 4 is 0 Å². The topological polar surface area (TPSA) is 29.5 Å². The summed E-state index contributed by atoms with van der Waals surface area (Å²) in [6, 6.07) is 13.1. The second-order valence-corrected chi connectivity index (χ2v) is 3.78. The minimum absolute atomic E-state index is 0.192. The van der Waals surface area contributed by atoms with Gasteiger partial charge >= 0.3 is 0 Å². The van der Waals surface area contributed by atoms with E-state index in [2.05, 4.69) is 0 Å². The van der Waals surface area contributed by atoms with Crippen molar-refractivity contribution in [1.82, 2.24) is 0 Å². The van der Waals surface area contributed by atoms with Crippen LogP contribution in [0.1, 0.15) is 18.6 Å². The zero-order valence-electron chi connectivity index (χ0n) is 9.43. The van der Waals surface area contributed by atoms with Crippen molar-refractivity contribution in [2.24, 2.45) is 0 Å². The summed E-state index contributed by atoms with van der Waals surface area (Å²) in [6.07, 6.45) is -0.516. The molecular formula is C14H13FO2. The Morgan fingerprint density at radius 3 is 2.29 bits per heavy atom. The van der Waals surface area contributed by atoms with E-state index in [1.54, 1.807) is 49.4 Å². The molecule has 0 aliphatic heterocycles. The number of rotatable bonds is 3. The molecule has 0 fully saturated rings. The van der Waals surface area contributed by atoms with E-state index in [4.69, 9.17) is 4.74 Å². The van der Waals surface area contributed by atoms with Gasteiger partial charge in [0.05, 0.1) is 6.10 Å². The highest BCUT2D eigenvalue weighted by molar-refractivity contribution is 5.34. The lowest BCUT2D eigenvalue weighted by molar-refractivity contribution is 0.199. The van der Waals surface area contributed by atoms with Crippen LogP contribution >= 0.6 is 0 Å². The summed E-state index contributed by atoms with van der Waals surface area (Å²) in [5.74, 6) is 0.337. The molecule has 2 rings (SSSR count). The number of halogens is 1. The first kappa shape index (κ1) is 11.6. The molecule has 2 aromatic carbocycles. The van der Waals surface area contributed by atoms with Gasteiger partial charge in [-0.25, -0.2) is 4.39 Å². The van der Waals surface area contributed by atoms with E-state index in [9.17, 15) is 9.50 Å². The number of hydrogen-bond donors (Lipinski definition) is 1. The van der Waals surface area contributed by atoms with Gasteiger partial charge in [-0.3, -0.25) is 0 Å². The Balaban J connectivity index is 2.17. The van der Waals surface area contributed by atoms with Crippen molar-refractivity contribution in [2.75, 3.05) is 0 Å². The third-order valence-corrected chi connectivity index (χ3v) is 2.43. The van der Waals surface area contributed by atoms with E-state index in [1.165, 1.54) is 6.07 Å². The van der Waals surface area contributed by atoms with E-state index in [-0.39, 0.29) is 5.75 Å². The predicted octanol–water partition coefficient (Wildman–Crippen LogP) is 3.67. The van der Waals surface area contributed by atoms with Gasteiger partial charge in [-0.2, -0.15) is 0 Å². The monoisotopic (exact) mass is 232 g/mol. The molecule has 2 nitrogen and oxygen atoms in total. The van der Waals surface area contributed by atoms with Gasteiger partial charge in [0.1, 0.15) is 5.75 Å². The Bertz CT molecular complexity index is 492. The van der Waals surface area contributed by atoms with Crippen molar-refractivity contribution in [2.45, 2.75) is 13.0 Å². The molecule has 88 valence electrons. The van der Waals surface area contributed by atoms with Gasteiger partial charge < -0.3 is 9.84 Å². The summed E-state index contributed by atoms with van der Waals surface area (Å²) in [5.41, 5.74) is 0.797. The summed E-state index contributed by atoms with van der Waals surface area (Å²) in [4.78, 5) is 0. The van der Waals surface area contributed by atoms with Crippen LogP contribution in [0.25, 0.3) is 0 Å². The minimum Gasteiger partial charge on any atom is -0.454 e. The average molecular weight is 232 g/mol. The average Bonchev–Trinajstić information content (AvgIpc) is 2.33. The molecule has 0 amide bonds. The highest BCUT2D eigenvalue weighted by atomic mass is 19.1. The van der Waals surface area contributed by atoms with Gasteiger partial charge in [-0.05, 0) is 36.8 Å². The number of benzene rings is 2. The lowest BCUT2D eigenvalue weighted by Gasteiger charge is -2.08. The molecule has 0 saturated heterocycles. The molecule has 1 unspecified atom stereocenters. The van der Waals surface area contributed by atoms with Gasteiger partial charge in [-0.1, -0.05) is 24.3 Å². The van der Waals surface area contributed by atoms with Crippen LogP contribution in [0.4, 0.5) is 4.39 Å². The smallest absolute Gasteiger partial charge is 0.165 e. The van der Waals surface area contributed by atoms with Crippen LogP contribution in [0, 0.1) is 5.82 Å². The zero-order valence-corrected chi connectivity index (χ0v) is 9.43. The molecule has 1 N–H and O–H groups in total. The van der Waals surface area contributed by atoms with Gasteiger partial charge in [0.25, 0.3) is 0 Å². The Labute approximate surface area is 99.3 Å². The first-order valence-corrected chi connectivity index (χ1v) is 5.37. The number of ether oxygens (including phenoxy) is 1. The van der Waals surface area contributed by atoms with E-state index in [0.717, 1.165) is 5.56 Å². The fraction of sp³-hybridized carbons (Fsp3) is 0.143. The first-order valence-electron chi connectivity index (χ1n) is 5.37. The highest BCUT2D eigenvalue weighted by Crippen LogP contribution is 2.25. The largest absolute Gasteiger partial charge is 0.454 e. The fourth-order valence-corrected chi connectivity index (χ4v) is 1.47. The van der Waals surface area contributed by atoms with Crippen molar-refractivity contribution in [3.63, 3.8) is 0 Å². The van der Waals surface area contributed by atoms with Crippen molar-refractivity contribution in [1.29, 1.82) is 0 Å². The molecule has 0 aliphatic rings. The van der Waals surface area contributed by atoms with Crippen molar-refractivity contribution < 1.29 is 14.2 Å². The molecular weight excluding hydrogens is 219 g/mol. The van der Waals surface area contributed by atoms with Crippen LogP contribution in [-0.4, -0.2) is 5.11 Å². The number of aliphatic hydroxyl groups excluding tert-OH is 1. The molecule has 0 heterocycles. The predicted molar refractivity (Wildman–Crippen MR) is 63.5 cm³/mol. The molecule has 0 spiro atoms. The molecule has 2 aromatic rings. The molecule has 3 heteroatoms. The lowest BCUT2D eigenvalue weighted by atomic mass is 10.1. The first-order chi connectivity index (χ1) is 8.16. The quantitative estimate of drug-likeness (QED) is 0.874. The van der Waals surface area contributed by atoms with E-state index in [0.29, 0.717) is 5.75 Å². The van der Waals surface area contributed by atoms with Crippen LogP contribution in [0.15, 0.2) is 48.5 Å². The Morgan fingerprint density at radius 1 is 1.06 bits per heavy atom. The molecule has 0 radical (unpaired) electrons. The second-order valence-electron chi connectivity index (χ2n) is 3.78. The molecule has 0 bridgehead atoms. The number of hydrogen-bond acceptors (Lipinski definition) is 2. The van der Waals surface area contributed by atoms with Gasteiger partial charge in [0, 0.05) is 0 Å². The van der Waals surface area contributed by atoms with Gasteiger partial charge in [0.2, 0.25) is 0 Å². The second kappa shape index (κ2) is 4.97. The molecule has 0 saturated carbocycles. The summed E-state index contributed by atoms with van der Waals surface area (Å²) in [6.45, 7) is 1.69. The number of aliphatic hydroxyl groups is 1. The van der Waals surface area contributed by atoms with Gasteiger partial charge in [0.15, 0.2) is 11.6 Å². The minimum atomic E-state index is -0.516. The SMILES string of the molecule is CC(O)c1ccc(Oc2ccccc2F)cc1. The van der Waals surface area contributed by atoms with Crippen LogP contribution in [0.5, 0.6) is 11.5 Å². The maximum atomic E-state index is 13.3. The van der Waals surface area contributed by atoms with Crippen molar-refractivity contribution in [3.8, 4) is 11.5 Å². The third-order valence-electron chi connectivity index (χ3n) is 2.43. The van der Waals surface area contributed by atoms with Gasteiger partial charge in [-0.15, -0.1) is 0 Å². The van der Waals surface area contributed by atoms with Crippen LogP contribution in [0.3, 0.4) is 0 Å². The summed E-state index contributed by atoms with van der Waals surface area (Å²) in [7, 11) is 0. The molecule has 0 aliphatic carbocycles. The van der Waals surface area contributed by atoms with Crippen molar-refractivity contribution in [3.05, 3.63) is 59.9 Å². The van der Waals surface area contributed by atoms with E-state index >= 15 is 0 Å². The van der Waals surface area contributed by atoms with E-state index in [1.807, 2.05) is 0 Å². The Morgan fingerprint density at radius 2 is 1.71 bits per heavy atom. The third kappa shape index (κ3) is 2.82. The van der Waals surface area contributed by atoms with E-state index < -0.39 is 11.9 Å². The molecule has 17 heavy (non-hydrogen) atoms. The zero-order chi connectivity index (χ0) is 12.3. The summed E-state index contributed by atoms with van der Waals surface area (Å²) in [5, 5.41) is 9.35. The van der Waals surface area contributed by atoms with Crippen LogP contribution in [0.2, 0.25) is 0 Å².